The van der Waals surface area contributed by atoms with Crippen molar-refractivity contribution >= 4 is 5.97 Å². The lowest BCUT2D eigenvalue weighted by Gasteiger charge is -2.28. The fourth-order valence-corrected chi connectivity index (χ4v) is 1.76. The molecule has 0 aromatic carbocycles. The van der Waals surface area contributed by atoms with Crippen molar-refractivity contribution in [1.29, 1.82) is 0 Å². The average Bonchev–Trinajstić information content (AvgIpc) is 2.36. The second-order valence-corrected chi connectivity index (χ2v) is 5.57. The number of carbonyl (C=O) groups excluding carboxylic acids is 1. The Morgan fingerprint density at radius 1 is 1.11 bits per heavy atom. The number of carbonyl (C=O) groups is 1. The van der Waals surface area contributed by atoms with E-state index in [-0.39, 0.29) is 11.4 Å². The van der Waals surface area contributed by atoms with Gasteiger partial charge in [-0.15, -0.1) is 0 Å². The molecule has 108 valence electrons. The second kappa shape index (κ2) is 9.37. The molecule has 0 aromatic rings. The third kappa shape index (κ3) is 6.39. The van der Waals surface area contributed by atoms with Crippen LogP contribution >= 0.6 is 0 Å². The van der Waals surface area contributed by atoms with Gasteiger partial charge in [-0.2, -0.15) is 0 Å². The predicted molar refractivity (Wildman–Crippen MR) is 74.5 cm³/mol. The third-order valence-corrected chi connectivity index (χ3v) is 3.85. The van der Waals surface area contributed by atoms with Gasteiger partial charge in [-0.1, -0.05) is 26.7 Å². The SMILES string of the molecule is CCC(C)C(C)(C)C(=O)OCCCCCCOC. The van der Waals surface area contributed by atoms with E-state index in [0.717, 1.165) is 38.7 Å². The van der Waals surface area contributed by atoms with Gasteiger partial charge in [0.25, 0.3) is 0 Å². The van der Waals surface area contributed by atoms with Crippen LogP contribution in [-0.4, -0.2) is 26.3 Å². The van der Waals surface area contributed by atoms with Gasteiger partial charge in [0.1, 0.15) is 0 Å². The van der Waals surface area contributed by atoms with E-state index < -0.39 is 0 Å². The van der Waals surface area contributed by atoms with Crippen LogP contribution in [0.2, 0.25) is 0 Å². The van der Waals surface area contributed by atoms with Crippen LogP contribution in [0, 0.1) is 11.3 Å². The summed E-state index contributed by atoms with van der Waals surface area (Å²) >= 11 is 0. The fraction of sp³-hybridized carbons (Fsp3) is 0.933. The Morgan fingerprint density at radius 3 is 2.17 bits per heavy atom. The van der Waals surface area contributed by atoms with E-state index in [1.807, 2.05) is 13.8 Å². The molecule has 0 saturated carbocycles. The first-order valence-corrected chi connectivity index (χ1v) is 7.13. The molecule has 0 heterocycles. The van der Waals surface area contributed by atoms with Gasteiger partial charge in [-0.25, -0.2) is 0 Å². The van der Waals surface area contributed by atoms with E-state index in [1.54, 1.807) is 7.11 Å². The van der Waals surface area contributed by atoms with Crippen LogP contribution in [0.1, 0.15) is 59.8 Å². The summed E-state index contributed by atoms with van der Waals surface area (Å²) in [4.78, 5) is 12.0. The lowest BCUT2D eigenvalue weighted by molar-refractivity contribution is -0.157. The monoisotopic (exact) mass is 258 g/mol. The summed E-state index contributed by atoms with van der Waals surface area (Å²) in [5.41, 5.74) is -0.370. The van der Waals surface area contributed by atoms with Crippen molar-refractivity contribution in [3.05, 3.63) is 0 Å². The molecular weight excluding hydrogens is 228 g/mol. The Hall–Kier alpha value is -0.570. The van der Waals surface area contributed by atoms with Crippen molar-refractivity contribution < 1.29 is 14.3 Å². The normalized spacial score (nSPS) is 13.4. The van der Waals surface area contributed by atoms with Gasteiger partial charge in [0.05, 0.1) is 12.0 Å². The Morgan fingerprint density at radius 2 is 1.67 bits per heavy atom. The largest absolute Gasteiger partial charge is 0.465 e. The lowest BCUT2D eigenvalue weighted by Crippen LogP contribution is -2.33. The van der Waals surface area contributed by atoms with Gasteiger partial charge >= 0.3 is 5.97 Å². The molecule has 0 bridgehead atoms. The van der Waals surface area contributed by atoms with E-state index in [4.69, 9.17) is 9.47 Å². The Kier molecular flexibility index (Phi) is 9.08. The molecule has 0 aliphatic heterocycles. The van der Waals surface area contributed by atoms with Crippen LogP contribution in [-0.2, 0) is 14.3 Å². The molecule has 1 atom stereocenters. The van der Waals surface area contributed by atoms with Gasteiger partial charge in [-0.3, -0.25) is 4.79 Å². The minimum absolute atomic E-state index is 0.0614. The Balaban J connectivity index is 3.70. The van der Waals surface area contributed by atoms with Crippen LogP contribution < -0.4 is 0 Å². The average molecular weight is 258 g/mol. The zero-order valence-electron chi connectivity index (χ0n) is 12.8. The van der Waals surface area contributed by atoms with Crippen molar-refractivity contribution in [3.63, 3.8) is 0 Å². The first kappa shape index (κ1) is 17.4. The fourth-order valence-electron chi connectivity index (χ4n) is 1.76. The minimum Gasteiger partial charge on any atom is -0.465 e. The summed E-state index contributed by atoms with van der Waals surface area (Å²) in [6, 6.07) is 0. The molecule has 0 saturated heterocycles. The molecule has 0 fully saturated rings. The highest BCUT2D eigenvalue weighted by molar-refractivity contribution is 5.76. The lowest BCUT2D eigenvalue weighted by atomic mass is 9.78. The molecule has 0 aliphatic carbocycles. The smallest absolute Gasteiger partial charge is 0.311 e. The van der Waals surface area contributed by atoms with Gasteiger partial charge in [0, 0.05) is 13.7 Å². The number of hydrogen-bond acceptors (Lipinski definition) is 3. The molecule has 0 radical (unpaired) electrons. The molecular formula is C15H30O3. The summed E-state index contributed by atoms with van der Waals surface area (Å²) in [5.74, 6) is 0.292. The highest BCUT2D eigenvalue weighted by atomic mass is 16.5. The van der Waals surface area contributed by atoms with E-state index in [2.05, 4.69) is 13.8 Å². The number of unbranched alkanes of at least 4 members (excludes halogenated alkanes) is 3. The summed E-state index contributed by atoms with van der Waals surface area (Å²) in [5, 5.41) is 0. The first-order valence-electron chi connectivity index (χ1n) is 7.13. The highest BCUT2D eigenvalue weighted by Gasteiger charge is 2.34. The molecule has 3 heteroatoms. The predicted octanol–water partition coefficient (Wildman–Crippen LogP) is 3.81. The summed E-state index contributed by atoms with van der Waals surface area (Å²) in [6.07, 6.45) is 5.27. The van der Waals surface area contributed by atoms with Crippen LogP contribution in [0.5, 0.6) is 0 Å². The summed E-state index contributed by atoms with van der Waals surface area (Å²) < 4.78 is 10.4. The second-order valence-electron chi connectivity index (χ2n) is 5.57. The zero-order valence-corrected chi connectivity index (χ0v) is 12.8. The van der Waals surface area contributed by atoms with E-state index >= 15 is 0 Å². The van der Waals surface area contributed by atoms with Gasteiger partial charge in [0.2, 0.25) is 0 Å². The number of hydrogen-bond donors (Lipinski definition) is 0. The maximum Gasteiger partial charge on any atom is 0.311 e. The molecule has 0 amide bonds. The van der Waals surface area contributed by atoms with Crippen LogP contribution in [0.25, 0.3) is 0 Å². The summed E-state index contributed by atoms with van der Waals surface area (Å²) in [6.45, 7) is 9.53. The molecule has 18 heavy (non-hydrogen) atoms. The van der Waals surface area contributed by atoms with Crippen molar-refractivity contribution in [3.8, 4) is 0 Å². The molecule has 3 nitrogen and oxygen atoms in total. The molecule has 0 spiro atoms. The van der Waals surface area contributed by atoms with Gasteiger partial charge < -0.3 is 9.47 Å². The molecule has 0 aliphatic rings. The van der Waals surface area contributed by atoms with E-state index in [1.165, 1.54) is 0 Å². The maximum atomic E-state index is 12.0. The molecule has 0 N–H and O–H groups in total. The van der Waals surface area contributed by atoms with Gasteiger partial charge in [-0.05, 0) is 39.0 Å². The topological polar surface area (TPSA) is 35.5 Å². The van der Waals surface area contributed by atoms with Crippen molar-refractivity contribution in [2.75, 3.05) is 20.3 Å². The first-order chi connectivity index (χ1) is 8.46. The summed E-state index contributed by atoms with van der Waals surface area (Å²) in [7, 11) is 1.72. The molecule has 0 rings (SSSR count). The number of ether oxygens (including phenoxy) is 2. The Labute approximate surface area is 112 Å². The van der Waals surface area contributed by atoms with Crippen LogP contribution in [0.3, 0.4) is 0 Å². The zero-order chi connectivity index (χ0) is 14.0. The number of rotatable bonds is 10. The van der Waals surface area contributed by atoms with E-state index in [9.17, 15) is 4.79 Å². The maximum absolute atomic E-state index is 12.0. The van der Waals surface area contributed by atoms with Crippen LogP contribution in [0.4, 0.5) is 0 Å². The minimum atomic E-state index is -0.370. The number of methoxy groups -OCH3 is 1. The molecule has 1 unspecified atom stereocenters. The van der Waals surface area contributed by atoms with Crippen molar-refractivity contribution in [1.82, 2.24) is 0 Å². The van der Waals surface area contributed by atoms with Crippen LogP contribution in [0.15, 0.2) is 0 Å². The van der Waals surface area contributed by atoms with E-state index in [0.29, 0.717) is 12.5 Å². The Bertz CT molecular complexity index is 224. The highest BCUT2D eigenvalue weighted by Crippen LogP contribution is 2.30. The number of esters is 1. The van der Waals surface area contributed by atoms with Crippen molar-refractivity contribution in [2.24, 2.45) is 11.3 Å². The quantitative estimate of drug-likeness (QED) is 0.441. The van der Waals surface area contributed by atoms with Gasteiger partial charge in [0.15, 0.2) is 0 Å². The molecule has 0 aromatic heterocycles. The van der Waals surface area contributed by atoms with Crippen molar-refractivity contribution in [2.45, 2.75) is 59.8 Å². The third-order valence-electron chi connectivity index (χ3n) is 3.85. The standard InChI is InChI=1S/C15H30O3/c1-6-13(2)15(3,4)14(16)18-12-10-8-7-9-11-17-5/h13H,6-12H2,1-5H3.